The molecule has 0 heterocycles. The first-order valence-corrected chi connectivity index (χ1v) is 4.49. The van der Waals surface area contributed by atoms with E-state index in [9.17, 15) is 5.11 Å². The maximum Gasteiger partial charge on any atom is 0.119 e. The molecule has 1 nitrogen and oxygen atoms in total. The number of aromatic hydroxyl groups is 1. The highest BCUT2D eigenvalue weighted by Crippen LogP contribution is 2.23. The van der Waals surface area contributed by atoms with Crippen LogP contribution in [-0.2, 0) is 0 Å². The molecule has 0 saturated carbocycles. The molecule has 0 saturated heterocycles. The minimum Gasteiger partial charge on any atom is -0.508 e. The van der Waals surface area contributed by atoms with Crippen molar-refractivity contribution < 1.29 is 5.11 Å². The molecule has 0 aliphatic carbocycles. The maximum absolute atomic E-state index is 9.28. The van der Waals surface area contributed by atoms with Crippen LogP contribution < -0.4 is 0 Å². The smallest absolute Gasteiger partial charge is 0.119 e. The van der Waals surface area contributed by atoms with Gasteiger partial charge in [0.25, 0.3) is 0 Å². The van der Waals surface area contributed by atoms with Crippen LogP contribution in [-0.4, -0.2) is 5.11 Å². The molecule has 0 spiro atoms. The molecule has 1 heteroatoms. The van der Waals surface area contributed by atoms with Crippen LogP contribution in [0.3, 0.4) is 0 Å². The largest absolute Gasteiger partial charge is 0.508 e. The van der Waals surface area contributed by atoms with E-state index in [1.165, 1.54) is 0 Å². The second-order valence-corrected chi connectivity index (χ2v) is 2.71. The Labute approximate surface area is 75.1 Å². The Balaban J connectivity index is 0.000000561. The summed E-state index contributed by atoms with van der Waals surface area (Å²) in [5, 5.41) is 9.28. The molecule has 0 unspecified atom stereocenters. The number of hydrogen-bond donors (Lipinski definition) is 1. The highest BCUT2D eigenvalue weighted by Gasteiger charge is 2.01. The van der Waals surface area contributed by atoms with Gasteiger partial charge in [-0.15, -0.1) is 0 Å². The minimum atomic E-state index is 0.400. The van der Waals surface area contributed by atoms with Gasteiger partial charge in [-0.3, -0.25) is 0 Å². The van der Waals surface area contributed by atoms with Gasteiger partial charge in [-0.05, 0) is 17.5 Å². The van der Waals surface area contributed by atoms with Gasteiger partial charge in [0.1, 0.15) is 5.75 Å². The number of hydrogen-bond acceptors (Lipinski definition) is 1. The van der Waals surface area contributed by atoms with Crippen molar-refractivity contribution in [2.45, 2.75) is 33.6 Å². The summed E-state index contributed by atoms with van der Waals surface area (Å²) in [4.78, 5) is 0. The van der Waals surface area contributed by atoms with Crippen molar-refractivity contribution in [1.82, 2.24) is 0 Å². The molecular weight excluding hydrogens is 148 g/mol. The van der Waals surface area contributed by atoms with Crippen LogP contribution in [0.25, 0.3) is 0 Å². The summed E-state index contributed by atoms with van der Waals surface area (Å²) >= 11 is 0. The van der Waals surface area contributed by atoms with Crippen molar-refractivity contribution in [3.05, 3.63) is 29.8 Å². The third-order valence-corrected chi connectivity index (χ3v) is 1.56. The monoisotopic (exact) mass is 166 g/mol. The summed E-state index contributed by atoms with van der Waals surface area (Å²) in [6.45, 7) is 8.13. The third kappa shape index (κ3) is 2.95. The molecule has 1 rings (SSSR count). The number of rotatable bonds is 1. The summed E-state index contributed by atoms with van der Waals surface area (Å²) in [5.74, 6) is 0.804. The van der Waals surface area contributed by atoms with Crippen LogP contribution in [0.5, 0.6) is 5.75 Å². The van der Waals surface area contributed by atoms with Gasteiger partial charge >= 0.3 is 0 Å². The molecule has 0 atom stereocenters. The van der Waals surface area contributed by atoms with Gasteiger partial charge in [0, 0.05) is 0 Å². The SMILES string of the molecule is CC.CC(C)c1ccccc1O. The Bertz CT molecular complexity index is 216. The number of phenols is 1. The van der Waals surface area contributed by atoms with Crippen LogP contribution in [0.2, 0.25) is 0 Å². The van der Waals surface area contributed by atoms with Gasteiger partial charge in [-0.1, -0.05) is 45.9 Å². The molecule has 68 valence electrons. The highest BCUT2D eigenvalue weighted by atomic mass is 16.3. The molecule has 1 aromatic rings. The zero-order valence-corrected chi connectivity index (χ0v) is 8.33. The first kappa shape index (κ1) is 11.0. The summed E-state index contributed by atoms with van der Waals surface area (Å²) in [6, 6.07) is 7.44. The third-order valence-electron chi connectivity index (χ3n) is 1.56. The first-order chi connectivity index (χ1) is 5.72. The molecule has 0 amide bonds. The zero-order chi connectivity index (χ0) is 9.56. The normalized spacial score (nSPS) is 9.08. The van der Waals surface area contributed by atoms with E-state index < -0.39 is 0 Å². The standard InChI is InChI=1S/C9H12O.C2H6/c1-7(2)8-5-3-4-6-9(8)10;1-2/h3-7,10H,1-2H3;1-2H3. The van der Waals surface area contributed by atoms with Crippen molar-refractivity contribution >= 4 is 0 Å². The van der Waals surface area contributed by atoms with Crippen LogP contribution in [0.15, 0.2) is 24.3 Å². The molecule has 0 bridgehead atoms. The molecule has 0 fully saturated rings. The maximum atomic E-state index is 9.28. The van der Waals surface area contributed by atoms with E-state index in [1.807, 2.05) is 32.0 Å². The van der Waals surface area contributed by atoms with Crippen LogP contribution in [0, 0.1) is 0 Å². The van der Waals surface area contributed by atoms with E-state index in [2.05, 4.69) is 13.8 Å². The average Bonchev–Trinajstić information content (AvgIpc) is 2.08. The predicted molar refractivity (Wildman–Crippen MR) is 53.5 cm³/mol. The molecule has 0 aliphatic heterocycles. The van der Waals surface area contributed by atoms with Crippen LogP contribution >= 0.6 is 0 Å². The summed E-state index contributed by atoms with van der Waals surface area (Å²) in [5.41, 5.74) is 1.02. The van der Waals surface area contributed by atoms with E-state index in [0.717, 1.165) is 5.56 Å². The predicted octanol–water partition coefficient (Wildman–Crippen LogP) is 3.54. The molecule has 0 radical (unpaired) electrons. The fourth-order valence-corrected chi connectivity index (χ4v) is 0.976. The Morgan fingerprint density at radius 3 is 1.92 bits per heavy atom. The first-order valence-electron chi connectivity index (χ1n) is 4.49. The van der Waals surface area contributed by atoms with Crippen LogP contribution in [0.1, 0.15) is 39.2 Å². The van der Waals surface area contributed by atoms with Gasteiger partial charge < -0.3 is 5.11 Å². The highest BCUT2D eigenvalue weighted by molar-refractivity contribution is 5.33. The van der Waals surface area contributed by atoms with Crippen molar-refractivity contribution in [2.24, 2.45) is 0 Å². The number of benzene rings is 1. The topological polar surface area (TPSA) is 20.2 Å². The van der Waals surface area contributed by atoms with E-state index in [0.29, 0.717) is 11.7 Å². The molecule has 1 aromatic carbocycles. The van der Waals surface area contributed by atoms with Crippen molar-refractivity contribution in [3.63, 3.8) is 0 Å². The molecule has 1 N–H and O–H groups in total. The quantitative estimate of drug-likeness (QED) is 0.676. The lowest BCUT2D eigenvalue weighted by Crippen LogP contribution is -1.85. The Kier molecular flexibility index (Phi) is 5.18. The Morgan fingerprint density at radius 1 is 1.08 bits per heavy atom. The van der Waals surface area contributed by atoms with Gasteiger partial charge in [-0.2, -0.15) is 0 Å². The van der Waals surface area contributed by atoms with Gasteiger partial charge in [0.2, 0.25) is 0 Å². The summed E-state index contributed by atoms with van der Waals surface area (Å²) < 4.78 is 0. The molecule has 12 heavy (non-hydrogen) atoms. The van der Waals surface area contributed by atoms with Gasteiger partial charge in [0.15, 0.2) is 0 Å². The van der Waals surface area contributed by atoms with Crippen molar-refractivity contribution in [3.8, 4) is 5.75 Å². The van der Waals surface area contributed by atoms with Crippen molar-refractivity contribution in [2.75, 3.05) is 0 Å². The second kappa shape index (κ2) is 5.64. The number of phenolic OH excluding ortho intramolecular Hbond substituents is 1. The van der Waals surface area contributed by atoms with E-state index in [4.69, 9.17) is 0 Å². The lowest BCUT2D eigenvalue weighted by atomic mass is 10.0. The van der Waals surface area contributed by atoms with Crippen molar-refractivity contribution in [1.29, 1.82) is 0 Å². The molecule has 0 aromatic heterocycles. The Morgan fingerprint density at radius 2 is 1.58 bits per heavy atom. The fourth-order valence-electron chi connectivity index (χ4n) is 0.976. The van der Waals surface area contributed by atoms with E-state index in [-0.39, 0.29) is 0 Å². The lowest BCUT2D eigenvalue weighted by molar-refractivity contribution is 0.465. The zero-order valence-electron chi connectivity index (χ0n) is 8.33. The Hall–Kier alpha value is -0.980. The van der Waals surface area contributed by atoms with Gasteiger partial charge in [0.05, 0.1) is 0 Å². The summed E-state index contributed by atoms with van der Waals surface area (Å²) in [7, 11) is 0. The van der Waals surface area contributed by atoms with E-state index >= 15 is 0 Å². The molecule has 0 aliphatic rings. The van der Waals surface area contributed by atoms with Crippen LogP contribution in [0.4, 0.5) is 0 Å². The average molecular weight is 166 g/mol. The summed E-state index contributed by atoms with van der Waals surface area (Å²) in [6.07, 6.45) is 0. The van der Waals surface area contributed by atoms with Gasteiger partial charge in [-0.25, -0.2) is 0 Å². The minimum absolute atomic E-state index is 0.400. The van der Waals surface area contributed by atoms with E-state index in [1.54, 1.807) is 6.07 Å². The number of para-hydroxylation sites is 1. The molecular formula is C11H18O. The second-order valence-electron chi connectivity index (χ2n) is 2.71. The fraction of sp³-hybridized carbons (Fsp3) is 0.455. The lowest BCUT2D eigenvalue weighted by Gasteiger charge is -2.05.